The van der Waals surface area contributed by atoms with Crippen molar-refractivity contribution in [2.45, 2.75) is 45.8 Å². The van der Waals surface area contributed by atoms with Gasteiger partial charge in [0.25, 0.3) is 0 Å². The molecule has 74 valence electrons. The van der Waals surface area contributed by atoms with E-state index >= 15 is 0 Å². The molecular weight excluding hydrogens is 168 g/mol. The van der Waals surface area contributed by atoms with E-state index < -0.39 is 11.2 Å². The summed E-state index contributed by atoms with van der Waals surface area (Å²) in [5, 5.41) is 10.9. The molecule has 0 spiro atoms. The highest BCUT2D eigenvalue weighted by Crippen LogP contribution is 2.32. The van der Waals surface area contributed by atoms with Crippen LogP contribution in [0.2, 0.25) is 0 Å². The van der Waals surface area contributed by atoms with E-state index in [2.05, 4.69) is 4.99 Å². The van der Waals surface area contributed by atoms with Crippen molar-refractivity contribution in [3.63, 3.8) is 0 Å². The molecule has 0 aromatic carbocycles. The number of hydroxylamine groups is 2. The molecule has 0 fully saturated rings. The molecule has 4 heteroatoms. The van der Waals surface area contributed by atoms with Crippen molar-refractivity contribution in [3.05, 3.63) is 0 Å². The third-order valence-electron chi connectivity index (χ3n) is 2.35. The molecule has 1 N–H and O–H groups in total. The lowest BCUT2D eigenvalue weighted by Crippen LogP contribution is -2.51. The monoisotopic (exact) mass is 184 g/mol. The van der Waals surface area contributed by atoms with Crippen LogP contribution in [0.4, 0.5) is 0 Å². The third-order valence-corrected chi connectivity index (χ3v) is 2.35. The lowest BCUT2D eigenvalue weighted by Gasteiger charge is -2.33. The summed E-state index contributed by atoms with van der Waals surface area (Å²) in [4.78, 5) is 15.4. The zero-order chi connectivity index (χ0) is 10.4. The summed E-state index contributed by atoms with van der Waals surface area (Å²) in [6.07, 6.45) is 0. The van der Waals surface area contributed by atoms with Gasteiger partial charge in [0.15, 0.2) is 5.78 Å². The van der Waals surface area contributed by atoms with Gasteiger partial charge in [0, 0.05) is 6.92 Å². The molecule has 4 nitrogen and oxygen atoms in total. The maximum absolute atomic E-state index is 11.2. The number of hydrogen-bond donors (Lipinski definition) is 1. The van der Waals surface area contributed by atoms with Crippen LogP contribution in [0.25, 0.3) is 0 Å². The van der Waals surface area contributed by atoms with Crippen molar-refractivity contribution in [3.8, 4) is 0 Å². The number of carbonyl (C=O) groups is 1. The molecule has 1 heterocycles. The van der Waals surface area contributed by atoms with E-state index in [4.69, 9.17) is 0 Å². The quantitative estimate of drug-likeness (QED) is 0.667. The van der Waals surface area contributed by atoms with E-state index in [1.807, 2.05) is 0 Å². The molecule has 0 bridgehead atoms. The molecule has 0 unspecified atom stereocenters. The van der Waals surface area contributed by atoms with Gasteiger partial charge in [-0.05, 0) is 27.7 Å². The predicted molar refractivity (Wildman–Crippen MR) is 49.9 cm³/mol. The van der Waals surface area contributed by atoms with Gasteiger partial charge in [-0.1, -0.05) is 0 Å². The van der Waals surface area contributed by atoms with Gasteiger partial charge in [-0.25, -0.2) is 0 Å². The summed E-state index contributed by atoms with van der Waals surface area (Å²) >= 11 is 0. The van der Waals surface area contributed by atoms with Crippen LogP contribution in [0.15, 0.2) is 4.99 Å². The summed E-state index contributed by atoms with van der Waals surface area (Å²) in [5.74, 6) is -0.0883. The smallest absolute Gasteiger partial charge is 0.175 e. The molecular formula is C9H16N2O2. The first-order chi connectivity index (χ1) is 5.69. The fourth-order valence-electron chi connectivity index (χ4n) is 1.75. The molecule has 0 amide bonds. The maximum Gasteiger partial charge on any atom is 0.175 e. The van der Waals surface area contributed by atoms with E-state index in [1.54, 1.807) is 27.7 Å². The normalized spacial score (nSPS) is 25.8. The number of aliphatic imine (C=N–C) groups is 1. The molecule has 0 radical (unpaired) electrons. The molecule has 1 aliphatic heterocycles. The fourth-order valence-corrected chi connectivity index (χ4v) is 1.75. The van der Waals surface area contributed by atoms with E-state index in [-0.39, 0.29) is 5.78 Å². The molecule has 0 saturated heterocycles. The Kier molecular flexibility index (Phi) is 2.09. The van der Waals surface area contributed by atoms with Gasteiger partial charge in [-0.3, -0.25) is 9.79 Å². The number of Topliss-reactive ketones (excluding diaryl/α,β-unsaturated/α-hetero) is 1. The third kappa shape index (κ3) is 1.40. The Bertz CT molecular complexity index is 279. The summed E-state index contributed by atoms with van der Waals surface area (Å²) < 4.78 is 0. The Labute approximate surface area is 78.2 Å². The number of carbonyl (C=O) groups excluding carboxylic acids is 1. The van der Waals surface area contributed by atoms with Gasteiger partial charge < -0.3 is 5.21 Å². The average molecular weight is 184 g/mol. The summed E-state index contributed by atoms with van der Waals surface area (Å²) in [5.41, 5.74) is -0.958. The van der Waals surface area contributed by atoms with Gasteiger partial charge in [-0.2, -0.15) is 5.06 Å². The largest absolute Gasteiger partial charge is 0.311 e. The van der Waals surface area contributed by atoms with Gasteiger partial charge in [0.1, 0.15) is 11.4 Å². The minimum absolute atomic E-state index is 0.0883. The minimum Gasteiger partial charge on any atom is -0.311 e. The van der Waals surface area contributed by atoms with Crippen LogP contribution in [0.5, 0.6) is 0 Å². The van der Waals surface area contributed by atoms with Crippen molar-refractivity contribution in [2.75, 3.05) is 0 Å². The summed E-state index contributed by atoms with van der Waals surface area (Å²) in [7, 11) is 0. The van der Waals surface area contributed by atoms with Crippen LogP contribution in [0.3, 0.4) is 0 Å². The highest BCUT2D eigenvalue weighted by molar-refractivity contribution is 6.42. The topological polar surface area (TPSA) is 52.9 Å². The Balaban J connectivity index is 3.17. The first-order valence-corrected chi connectivity index (χ1v) is 4.30. The first kappa shape index (κ1) is 10.3. The Morgan fingerprint density at radius 1 is 1.38 bits per heavy atom. The SMILES string of the molecule is CC(=O)C1=NC(C)(C)N(O)C1(C)C. The number of nitrogens with zero attached hydrogens (tertiary/aromatic N) is 2. The average Bonchev–Trinajstić information content (AvgIpc) is 2.11. The van der Waals surface area contributed by atoms with Gasteiger partial charge in [0.2, 0.25) is 0 Å². The van der Waals surface area contributed by atoms with E-state index in [1.165, 1.54) is 6.92 Å². The van der Waals surface area contributed by atoms with Crippen LogP contribution >= 0.6 is 0 Å². The van der Waals surface area contributed by atoms with Crippen molar-refractivity contribution in [1.82, 2.24) is 5.06 Å². The van der Waals surface area contributed by atoms with Crippen molar-refractivity contribution in [1.29, 1.82) is 0 Å². The zero-order valence-electron chi connectivity index (χ0n) is 8.75. The Hall–Kier alpha value is -0.740. The van der Waals surface area contributed by atoms with Crippen LogP contribution in [-0.2, 0) is 4.79 Å². The zero-order valence-corrected chi connectivity index (χ0v) is 8.75. The number of ketones is 1. The molecule has 0 atom stereocenters. The van der Waals surface area contributed by atoms with Gasteiger partial charge in [0.05, 0.1) is 5.54 Å². The molecule has 0 saturated carbocycles. The minimum atomic E-state index is -0.704. The maximum atomic E-state index is 11.2. The van der Waals surface area contributed by atoms with Crippen molar-refractivity contribution in [2.24, 2.45) is 4.99 Å². The van der Waals surface area contributed by atoms with E-state index in [9.17, 15) is 10.0 Å². The standard InChI is InChI=1S/C9H16N2O2/c1-6(12)7-8(2,3)11(13)9(4,5)10-7/h13H,1-5H3. The Morgan fingerprint density at radius 2 is 1.85 bits per heavy atom. The molecule has 1 rings (SSSR count). The number of hydrogen-bond acceptors (Lipinski definition) is 4. The fraction of sp³-hybridized carbons (Fsp3) is 0.778. The second-order valence-electron chi connectivity index (χ2n) is 4.38. The highest BCUT2D eigenvalue weighted by atomic mass is 16.5. The van der Waals surface area contributed by atoms with Gasteiger partial charge >= 0.3 is 0 Å². The van der Waals surface area contributed by atoms with E-state index in [0.29, 0.717) is 5.71 Å². The van der Waals surface area contributed by atoms with Crippen LogP contribution < -0.4 is 0 Å². The van der Waals surface area contributed by atoms with Crippen LogP contribution in [0, 0.1) is 0 Å². The van der Waals surface area contributed by atoms with Gasteiger partial charge in [-0.15, -0.1) is 0 Å². The second-order valence-corrected chi connectivity index (χ2v) is 4.38. The van der Waals surface area contributed by atoms with Crippen LogP contribution in [0.1, 0.15) is 34.6 Å². The highest BCUT2D eigenvalue weighted by Gasteiger charge is 2.48. The van der Waals surface area contributed by atoms with E-state index in [0.717, 1.165) is 5.06 Å². The Morgan fingerprint density at radius 3 is 2.00 bits per heavy atom. The lowest BCUT2D eigenvalue weighted by atomic mass is 9.96. The van der Waals surface area contributed by atoms with Crippen LogP contribution in [-0.4, -0.2) is 33.0 Å². The second kappa shape index (κ2) is 2.62. The molecule has 1 aliphatic rings. The molecule has 0 aromatic rings. The molecule has 0 aliphatic carbocycles. The predicted octanol–water partition coefficient (Wildman–Crippen LogP) is 1.24. The summed E-state index contributed by atoms with van der Waals surface area (Å²) in [6, 6.07) is 0. The lowest BCUT2D eigenvalue weighted by molar-refractivity contribution is -0.188. The molecule has 0 aromatic heterocycles. The summed E-state index contributed by atoms with van der Waals surface area (Å²) in [6.45, 7) is 8.56. The van der Waals surface area contributed by atoms with Crippen molar-refractivity contribution < 1.29 is 10.0 Å². The van der Waals surface area contributed by atoms with Crippen molar-refractivity contribution >= 4 is 11.5 Å². The first-order valence-electron chi connectivity index (χ1n) is 4.30. The molecule has 13 heavy (non-hydrogen) atoms. The number of rotatable bonds is 1.